The molecule has 0 atom stereocenters. The Morgan fingerprint density at radius 2 is 1.75 bits per heavy atom. The van der Waals surface area contributed by atoms with Gasteiger partial charge in [-0.3, -0.25) is 9.69 Å². The number of nitrogens with zero attached hydrogens (tertiary/aromatic N) is 2. The molecular weight excluding hydrogens is 248 g/mol. The monoisotopic (exact) mass is 272 g/mol. The Labute approximate surface area is 121 Å². The van der Waals surface area contributed by atoms with Crippen LogP contribution < -0.4 is 0 Å². The first-order valence-corrected chi connectivity index (χ1v) is 7.76. The molecule has 2 aliphatic rings. The van der Waals surface area contributed by atoms with E-state index < -0.39 is 0 Å². The Morgan fingerprint density at radius 3 is 2.40 bits per heavy atom. The van der Waals surface area contributed by atoms with Crippen LogP contribution >= 0.6 is 0 Å². The highest BCUT2D eigenvalue weighted by molar-refractivity contribution is 5.98. The van der Waals surface area contributed by atoms with Crippen molar-refractivity contribution in [2.45, 2.75) is 19.8 Å². The van der Waals surface area contributed by atoms with Crippen LogP contribution in [0, 0.1) is 12.8 Å². The van der Waals surface area contributed by atoms with Crippen molar-refractivity contribution in [2.75, 3.05) is 39.3 Å². The van der Waals surface area contributed by atoms with Crippen molar-refractivity contribution < 1.29 is 4.79 Å². The van der Waals surface area contributed by atoms with Gasteiger partial charge in [-0.1, -0.05) is 24.3 Å². The summed E-state index contributed by atoms with van der Waals surface area (Å²) in [6.07, 6.45) is 2.85. The van der Waals surface area contributed by atoms with Gasteiger partial charge in [0.2, 0.25) is 0 Å². The molecule has 0 amide bonds. The second kappa shape index (κ2) is 6.06. The first-order chi connectivity index (χ1) is 9.72. The van der Waals surface area contributed by atoms with E-state index >= 15 is 0 Å². The minimum Gasteiger partial charge on any atom is -0.301 e. The molecule has 0 radical (unpaired) electrons. The number of hydrogen-bond acceptors (Lipinski definition) is 3. The van der Waals surface area contributed by atoms with Gasteiger partial charge in [0.15, 0.2) is 5.78 Å². The van der Waals surface area contributed by atoms with E-state index in [9.17, 15) is 4.79 Å². The van der Waals surface area contributed by atoms with E-state index in [1.54, 1.807) is 0 Å². The summed E-state index contributed by atoms with van der Waals surface area (Å²) >= 11 is 0. The Bertz CT molecular complexity index is 474. The number of rotatable bonds is 5. The van der Waals surface area contributed by atoms with Gasteiger partial charge in [0, 0.05) is 38.3 Å². The number of Topliss-reactive ketones (excluding diaryl/α,β-unsaturated/α-hetero) is 1. The van der Waals surface area contributed by atoms with Crippen LogP contribution in [0.2, 0.25) is 0 Å². The van der Waals surface area contributed by atoms with Crippen molar-refractivity contribution in [1.82, 2.24) is 9.80 Å². The zero-order chi connectivity index (χ0) is 13.9. The van der Waals surface area contributed by atoms with E-state index in [0.717, 1.165) is 43.2 Å². The molecule has 0 bridgehead atoms. The normalized spacial score (nSPS) is 21.1. The minimum absolute atomic E-state index is 0.263. The third-order valence-corrected chi connectivity index (χ3v) is 4.49. The highest BCUT2D eigenvalue weighted by Crippen LogP contribution is 2.29. The lowest BCUT2D eigenvalue weighted by molar-refractivity contribution is 0.0846. The van der Waals surface area contributed by atoms with Gasteiger partial charge < -0.3 is 4.90 Å². The van der Waals surface area contributed by atoms with Crippen molar-refractivity contribution >= 4 is 5.78 Å². The maximum atomic E-state index is 12.3. The third-order valence-electron chi connectivity index (χ3n) is 4.49. The lowest BCUT2D eigenvalue weighted by atomic mass is 10.0. The van der Waals surface area contributed by atoms with Crippen LogP contribution in [0.4, 0.5) is 0 Å². The SMILES string of the molecule is Cc1ccccc1C(=O)CN1CCN(CC2CC2)CC1. The van der Waals surface area contributed by atoms with Gasteiger partial charge in [-0.25, -0.2) is 0 Å². The summed E-state index contributed by atoms with van der Waals surface area (Å²) < 4.78 is 0. The average Bonchev–Trinajstić information content (AvgIpc) is 3.25. The molecule has 20 heavy (non-hydrogen) atoms. The number of hydrogen-bond donors (Lipinski definition) is 0. The summed E-state index contributed by atoms with van der Waals surface area (Å²) in [5.41, 5.74) is 1.97. The first-order valence-electron chi connectivity index (χ1n) is 7.76. The number of aryl methyl sites for hydroxylation is 1. The van der Waals surface area contributed by atoms with E-state index in [1.165, 1.54) is 19.4 Å². The van der Waals surface area contributed by atoms with E-state index in [1.807, 2.05) is 31.2 Å². The van der Waals surface area contributed by atoms with Crippen LogP contribution in [0.25, 0.3) is 0 Å². The van der Waals surface area contributed by atoms with Crippen LogP contribution in [-0.4, -0.2) is 54.9 Å². The van der Waals surface area contributed by atoms with Gasteiger partial charge in [-0.2, -0.15) is 0 Å². The summed E-state index contributed by atoms with van der Waals surface area (Å²) in [6, 6.07) is 7.90. The zero-order valence-electron chi connectivity index (χ0n) is 12.3. The van der Waals surface area contributed by atoms with Crippen LogP contribution in [0.5, 0.6) is 0 Å². The van der Waals surface area contributed by atoms with Gasteiger partial charge in [0.05, 0.1) is 6.54 Å². The molecule has 0 unspecified atom stereocenters. The third kappa shape index (κ3) is 3.47. The molecule has 1 heterocycles. The van der Waals surface area contributed by atoms with Crippen molar-refractivity contribution in [3.05, 3.63) is 35.4 Å². The second-order valence-corrected chi connectivity index (χ2v) is 6.26. The van der Waals surface area contributed by atoms with E-state index in [0.29, 0.717) is 6.54 Å². The maximum absolute atomic E-state index is 12.3. The first kappa shape index (κ1) is 13.8. The highest BCUT2D eigenvalue weighted by Gasteiger charge is 2.26. The van der Waals surface area contributed by atoms with Crippen molar-refractivity contribution in [3.8, 4) is 0 Å². The molecule has 0 aromatic heterocycles. The van der Waals surface area contributed by atoms with Gasteiger partial charge in [-0.15, -0.1) is 0 Å². The average molecular weight is 272 g/mol. The number of benzene rings is 1. The molecular formula is C17H24N2O. The summed E-state index contributed by atoms with van der Waals surface area (Å²) in [6.45, 7) is 8.17. The van der Waals surface area contributed by atoms with E-state index in [2.05, 4.69) is 9.80 Å². The van der Waals surface area contributed by atoms with Crippen LogP contribution in [0.15, 0.2) is 24.3 Å². The number of ketones is 1. The van der Waals surface area contributed by atoms with Crippen LogP contribution in [0.1, 0.15) is 28.8 Å². The highest BCUT2D eigenvalue weighted by atomic mass is 16.1. The molecule has 0 N–H and O–H groups in total. The fraction of sp³-hybridized carbons (Fsp3) is 0.588. The number of piperazine rings is 1. The minimum atomic E-state index is 0.263. The summed E-state index contributed by atoms with van der Waals surface area (Å²) in [5.74, 6) is 1.23. The Kier molecular flexibility index (Phi) is 4.18. The predicted octanol–water partition coefficient (Wildman–Crippen LogP) is 2.21. The fourth-order valence-electron chi connectivity index (χ4n) is 2.97. The van der Waals surface area contributed by atoms with Gasteiger partial charge in [0.1, 0.15) is 0 Å². The molecule has 1 aromatic rings. The van der Waals surface area contributed by atoms with E-state index in [-0.39, 0.29) is 5.78 Å². The topological polar surface area (TPSA) is 23.6 Å². The van der Waals surface area contributed by atoms with Gasteiger partial charge in [-0.05, 0) is 31.2 Å². The molecule has 3 nitrogen and oxygen atoms in total. The molecule has 1 aromatic carbocycles. The number of carbonyl (C=O) groups excluding carboxylic acids is 1. The lowest BCUT2D eigenvalue weighted by Crippen LogP contribution is -2.48. The zero-order valence-corrected chi connectivity index (χ0v) is 12.3. The molecule has 0 spiro atoms. The Balaban J connectivity index is 1.49. The molecule has 3 heteroatoms. The van der Waals surface area contributed by atoms with Gasteiger partial charge in [0.25, 0.3) is 0 Å². The molecule has 1 saturated carbocycles. The summed E-state index contributed by atoms with van der Waals surface area (Å²) in [7, 11) is 0. The van der Waals surface area contributed by atoms with Crippen LogP contribution in [0.3, 0.4) is 0 Å². The lowest BCUT2D eigenvalue weighted by Gasteiger charge is -2.34. The largest absolute Gasteiger partial charge is 0.301 e. The number of carbonyl (C=O) groups is 1. The molecule has 3 rings (SSSR count). The summed E-state index contributed by atoms with van der Waals surface area (Å²) in [4.78, 5) is 17.2. The fourth-order valence-corrected chi connectivity index (χ4v) is 2.97. The maximum Gasteiger partial charge on any atom is 0.177 e. The second-order valence-electron chi connectivity index (χ2n) is 6.26. The standard InChI is InChI=1S/C17H24N2O/c1-14-4-2-3-5-16(14)17(20)13-19-10-8-18(9-11-19)12-15-6-7-15/h2-5,15H,6-13H2,1H3. The van der Waals surface area contributed by atoms with Crippen LogP contribution in [-0.2, 0) is 0 Å². The molecule has 1 aliphatic heterocycles. The van der Waals surface area contributed by atoms with Crippen molar-refractivity contribution in [2.24, 2.45) is 5.92 Å². The van der Waals surface area contributed by atoms with Crippen molar-refractivity contribution in [3.63, 3.8) is 0 Å². The smallest absolute Gasteiger partial charge is 0.177 e. The predicted molar refractivity (Wildman–Crippen MR) is 81.1 cm³/mol. The molecule has 108 valence electrons. The van der Waals surface area contributed by atoms with Gasteiger partial charge >= 0.3 is 0 Å². The quantitative estimate of drug-likeness (QED) is 0.768. The van der Waals surface area contributed by atoms with Crippen molar-refractivity contribution in [1.29, 1.82) is 0 Å². The summed E-state index contributed by atoms with van der Waals surface area (Å²) in [5, 5.41) is 0. The van der Waals surface area contributed by atoms with E-state index in [4.69, 9.17) is 0 Å². The Morgan fingerprint density at radius 1 is 1.10 bits per heavy atom. The molecule has 1 saturated heterocycles. The molecule has 1 aliphatic carbocycles. The molecule has 2 fully saturated rings. The Hall–Kier alpha value is -1.19.